The van der Waals surface area contributed by atoms with Gasteiger partial charge in [-0.3, -0.25) is 4.99 Å². The van der Waals surface area contributed by atoms with Gasteiger partial charge in [0.15, 0.2) is 11.5 Å². The fraction of sp³-hybridized carbons (Fsp3) is 0.500. The molecule has 3 N–H and O–H groups in total. The Kier molecular flexibility index (Phi) is 9.89. The Morgan fingerprint density at radius 3 is 2.48 bits per heavy atom. The Morgan fingerprint density at radius 2 is 1.83 bits per heavy atom. The number of sulfonamides is 1. The van der Waals surface area contributed by atoms with Crippen LogP contribution in [0.25, 0.3) is 0 Å². The van der Waals surface area contributed by atoms with Crippen LogP contribution in [0.1, 0.15) is 60.3 Å². The predicted molar refractivity (Wildman–Crippen MR) is 185 cm³/mol. The first kappa shape index (κ1) is 35.6. The maximum absolute atomic E-state index is 15.8. The number of benzene rings is 1. The van der Waals surface area contributed by atoms with Crippen molar-refractivity contribution in [3.63, 3.8) is 0 Å². The zero-order valence-corrected chi connectivity index (χ0v) is 29.9. The second-order valence-electron chi connectivity index (χ2n) is 14.0. The fourth-order valence-electron chi connectivity index (χ4n) is 6.15. The van der Waals surface area contributed by atoms with Gasteiger partial charge in [-0.05, 0) is 90.2 Å². The van der Waals surface area contributed by atoms with Crippen LogP contribution >= 0.6 is 11.6 Å². The van der Waals surface area contributed by atoms with E-state index >= 15 is 4.39 Å². The van der Waals surface area contributed by atoms with Crippen molar-refractivity contribution >= 4 is 39.4 Å². The van der Waals surface area contributed by atoms with Crippen molar-refractivity contribution in [2.75, 3.05) is 20.7 Å². The van der Waals surface area contributed by atoms with Crippen molar-refractivity contribution in [2.45, 2.75) is 88.5 Å². The lowest BCUT2D eigenvalue weighted by atomic mass is 9.77. The molecule has 2 aliphatic carbocycles. The first-order valence-corrected chi connectivity index (χ1v) is 17.8. The second-order valence-corrected chi connectivity index (χ2v) is 16.0. The fourth-order valence-corrected chi connectivity index (χ4v) is 7.97. The maximum Gasteiger partial charge on any atom is 0.410 e. The first-order chi connectivity index (χ1) is 22.4. The number of nitrogens with one attached hydrogen (secondary N) is 3. The van der Waals surface area contributed by atoms with Gasteiger partial charge in [0.2, 0.25) is 16.0 Å². The van der Waals surface area contributed by atoms with Gasteiger partial charge in [-0.2, -0.15) is 4.72 Å². The van der Waals surface area contributed by atoms with Gasteiger partial charge in [-0.15, -0.1) is 0 Å². The number of halogens is 2. The molecule has 5 rings (SSSR count). The molecule has 0 aromatic heterocycles. The highest BCUT2D eigenvalue weighted by Gasteiger charge is 2.42. The Hall–Kier alpha value is -3.68. The molecular weight excluding hydrogens is 659 g/mol. The van der Waals surface area contributed by atoms with Crippen LogP contribution in [0, 0.1) is 5.41 Å². The van der Waals surface area contributed by atoms with Crippen molar-refractivity contribution < 1.29 is 27.1 Å². The monoisotopic (exact) mass is 702 g/mol. The normalized spacial score (nSPS) is 27.4. The van der Waals surface area contributed by atoms with Crippen LogP contribution in [0.4, 0.5) is 9.18 Å². The third-order valence-electron chi connectivity index (χ3n) is 8.86. The molecule has 0 radical (unpaired) electrons. The number of fused-ring (bicyclic) bond motifs is 1. The van der Waals surface area contributed by atoms with Crippen LogP contribution in [0.3, 0.4) is 0 Å². The van der Waals surface area contributed by atoms with E-state index in [9.17, 15) is 13.2 Å². The molecule has 14 heteroatoms. The molecular formula is C34H44ClFN6O5S. The summed E-state index contributed by atoms with van der Waals surface area (Å²) in [4.78, 5) is 23.6. The summed E-state index contributed by atoms with van der Waals surface area (Å²) < 4.78 is 55.6. The molecule has 260 valence electrons. The Balaban J connectivity index is 1.25. The zero-order valence-electron chi connectivity index (χ0n) is 28.4. The average Bonchev–Trinajstić information content (AvgIpc) is 3.01. The van der Waals surface area contributed by atoms with Crippen LogP contribution in [0.2, 0.25) is 5.02 Å². The summed E-state index contributed by atoms with van der Waals surface area (Å²) in [5.74, 6) is -0.000188. The number of allylic oxidation sites excluding steroid dienone is 5. The highest BCUT2D eigenvalue weighted by molar-refractivity contribution is 7.89. The summed E-state index contributed by atoms with van der Waals surface area (Å²) in [5, 5.41) is 6.40. The smallest absolute Gasteiger partial charge is 0.410 e. The number of dihydropyridines is 1. The Bertz CT molecular complexity index is 1760. The number of aliphatic imine (C=N–C) groups is 2. The molecule has 1 amide bonds. The number of methoxy groups -OCH3 is 1. The summed E-state index contributed by atoms with van der Waals surface area (Å²) in [7, 11) is -0.982. The zero-order chi connectivity index (χ0) is 35.1. The van der Waals surface area contributed by atoms with Crippen LogP contribution in [-0.4, -0.2) is 75.1 Å². The van der Waals surface area contributed by atoms with Gasteiger partial charge < -0.3 is 25.0 Å². The average molecular weight is 703 g/mol. The number of carbonyl (C=O) groups is 1. The van der Waals surface area contributed by atoms with Gasteiger partial charge in [0, 0.05) is 30.1 Å². The van der Waals surface area contributed by atoms with E-state index in [2.05, 4.69) is 15.4 Å². The maximum atomic E-state index is 15.8. The van der Waals surface area contributed by atoms with E-state index in [0.29, 0.717) is 23.7 Å². The van der Waals surface area contributed by atoms with Crippen molar-refractivity contribution in [2.24, 2.45) is 15.4 Å². The van der Waals surface area contributed by atoms with E-state index in [1.54, 1.807) is 18.0 Å². The van der Waals surface area contributed by atoms with E-state index in [4.69, 9.17) is 31.1 Å². The summed E-state index contributed by atoms with van der Waals surface area (Å²) >= 11 is 6.12. The quantitative estimate of drug-likeness (QED) is 0.331. The van der Waals surface area contributed by atoms with E-state index in [-0.39, 0.29) is 34.0 Å². The van der Waals surface area contributed by atoms with Crippen molar-refractivity contribution in [1.82, 2.24) is 20.3 Å². The minimum absolute atomic E-state index is 0.0178. The van der Waals surface area contributed by atoms with Crippen molar-refractivity contribution in [3.8, 4) is 0 Å². The number of hydrogen-bond acceptors (Lipinski definition) is 9. The molecule has 1 aromatic rings. The van der Waals surface area contributed by atoms with E-state index < -0.39 is 32.5 Å². The van der Waals surface area contributed by atoms with Gasteiger partial charge >= 0.3 is 6.09 Å². The van der Waals surface area contributed by atoms with Crippen LogP contribution in [0.5, 0.6) is 0 Å². The Morgan fingerprint density at radius 1 is 1.15 bits per heavy atom. The number of guanidine groups is 1. The second kappa shape index (κ2) is 13.3. The number of hydrogen-bond donors (Lipinski definition) is 3. The standard InChI is InChI=1S/C34H44ClFN6O5S/c1-32(2,3)47-31(43)42(6)23-15-13-22(14-16-23)38-30-37-20-33(4)19-21(12-17-28(33)39-30)24-18-27(36)34(5,40-29(24)46-7)41-48(44,45)26-11-9-8-10-25(26)35/h8-12,17-19,22-23,40-41H,13-16,20H2,1-7H3,(H,37,38). The lowest BCUT2D eigenvalue weighted by Crippen LogP contribution is -2.58. The van der Waals surface area contributed by atoms with Crippen LogP contribution in [-0.2, 0) is 19.5 Å². The molecule has 1 fully saturated rings. The highest BCUT2D eigenvalue weighted by Crippen LogP contribution is 2.38. The molecule has 2 atom stereocenters. The molecule has 2 unspecified atom stereocenters. The van der Waals surface area contributed by atoms with E-state index in [1.165, 1.54) is 38.3 Å². The minimum Gasteiger partial charge on any atom is -0.482 e. The van der Waals surface area contributed by atoms with Gasteiger partial charge in [0.1, 0.15) is 16.3 Å². The number of carbonyl (C=O) groups excluding carboxylic acids is 1. The molecule has 2 heterocycles. The molecule has 2 aliphatic heterocycles. The minimum atomic E-state index is -4.20. The summed E-state index contributed by atoms with van der Waals surface area (Å²) in [6.07, 6.45) is 10.1. The van der Waals surface area contributed by atoms with Crippen molar-refractivity contribution in [3.05, 3.63) is 76.4 Å². The third-order valence-corrected chi connectivity index (χ3v) is 10.9. The number of ether oxygens (including phenoxy) is 2. The van der Waals surface area contributed by atoms with E-state index in [0.717, 1.165) is 31.4 Å². The largest absolute Gasteiger partial charge is 0.482 e. The SMILES string of the molecule is COC1=C(C2=CC3(C)CN=C(NC4CCC(N(C)C(=O)OC(C)(C)C)CC4)N=C3C=C2)C=C(F)C(C)(NS(=O)(=O)c2ccccc2Cl)N1. The number of nitrogens with zero attached hydrogens (tertiary/aromatic N) is 3. The number of rotatable bonds is 7. The molecule has 0 saturated heterocycles. The lowest BCUT2D eigenvalue weighted by molar-refractivity contribution is 0.0181. The van der Waals surface area contributed by atoms with Gasteiger partial charge in [-0.1, -0.05) is 35.9 Å². The molecule has 1 aromatic carbocycles. The van der Waals surface area contributed by atoms with Crippen LogP contribution < -0.4 is 15.4 Å². The molecule has 0 spiro atoms. The topological polar surface area (TPSA) is 134 Å². The summed E-state index contributed by atoms with van der Waals surface area (Å²) in [5.41, 5.74) is -1.03. The first-order valence-electron chi connectivity index (χ1n) is 15.9. The summed E-state index contributed by atoms with van der Waals surface area (Å²) in [6, 6.07) is 6.24. The number of amides is 1. The Labute approximate surface area is 287 Å². The molecule has 4 aliphatic rings. The lowest BCUT2D eigenvalue weighted by Gasteiger charge is -2.37. The molecule has 0 bridgehead atoms. The van der Waals surface area contributed by atoms with E-state index in [1.807, 2.05) is 45.9 Å². The summed E-state index contributed by atoms with van der Waals surface area (Å²) in [6.45, 7) is 9.39. The predicted octanol–water partition coefficient (Wildman–Crippen LogP) is 5.73. The van der Waals surface area contributed by atoms with Gasteiger partial charge in [0.05, 0.1) is 24.4 Å². The van der Waals surface area contributed by atoms with Crippen LogP contribution in [0.15, 0.2) is 86.3 Å². The highest BCUT2D eigenvalue weighted by atomic mass is 35.5. The third kappa shape index (κ3) is 7.63. The van der Waals surface area contributed by atoms with Crippen molar-refractivity contribution in [1.29, 1.82) is 0 Å². The van der Waals surface area contributed by atoms with Gasteiger partial charge in [0.25, 0.3) is 0 Å². The molecule has 48 heavy (non-hydrogen) atoms. The molecule has 1 saturated carbocycles. The molecule has 11 nitrogen and oxygen atoms in total. The van der Waals surface area contributed by atoms with Gasteiger partial charge in [-0.25, -0.2) is 22.6 Å².